The maximum Gasteiger partial charge on any atom is 0.416 e. The lowest BCUT2D eigenvalue weighted by molar-refractivity contribution is -0.142. The van der Waals surface area contributed by atoms with Crippen molar-refractivity contribution >= 4 is 23.6 Å². The Morgan fingerprint density at radius 2 is 1.91 bits per heavy atom. The normalized spacial score (nSPS) is 16.7. The first-order valence-corrected chi connectivity index (χ1v) is 15.8. The molecule has 2 amide bonds. The second kappa shape index (κ2) is 13.3. The molecule has 1 aliphatic heterocycles. The summed E-state index contributed by atoms with van der Waals surface area (Å²) < 4.78 is 39.5. The lowest BCUT2D eigenvalue weighted by Crippen LogP contribution is -2.36. The van der Waals surface area contributed by atoms with Crippen molar-refractivity contribution in [3.05, 3.63) is 121 Å². The number of carbonyl (C=O) groups is 2. The number of amides is 2. The Hall–Kier alpha value is -4.16. The van der Waals surface area contributed by atoms with E-state index in [0.29, 0.717) is 36.5 Å². The van der Waals surface area contributed by atoms with Gasteiger partial charge in [0.15, 0.2) is 6.10 Å². The molecule has 1 aliphatic carbocycles. The fourth-order valence-corrected chi connectivity index (χ4v) is 6.51. The number of rotatable bonds is 9. The largest absolute Gasteiger partial charge is 0.416 e. The number of hydrogen-bond donors (Lipinski definition) is 2. The van der Waals surface area contributed by atoms with Crippen molar-refractivity contribution in [2.45, 2.75) is 63.4 Å². The lowest BCUT2D eigenvalue weighted by atomic mass is 10.0. The predicted molar refractivity (Wildman–Crippen MR) is 169 cm³/mol. The molecule has 12 heteroatoms. The van der Waals surface area contributed by atoms with Crippen LogP contribution in [0.5, 0.6) is 0 Å². The van der Waals surface area contributed by atoms with E-state index >= 15 is 0 Å². The molecular weight excluding hydrogens is 617 g/mol. The number of H-pyrrole nitrogens is 1. The Bertz CT molecular complexity index is 1730. The highest BCUT2D eigenvalue weighted by Crippen LogP contribution is 2.55. The van der Waals surface area contributed by atoms with Gasteiger partial charge in [-0.25, -0.2) is 4.98 Å². The fraction of sp³-hybridized carbons (Fsp3) is 0.353. The summed E-state index contributed by atoms with van der Waals surface area (Å²) in [5, 5.41) is 12.5. The molecule has 2 aromatic carbocycles. The molecule has 46 heavy (non-hydrogen) atoms. The number of fused-ring (bicyclic) bond motifs is 1. The van der Waals surface area contributed by atoms with E-state index in [2.05, 4.69) is 11.6 Å². The zero-order valence-electron chi connectivity index (χ0n) is 25.6. The van der Waals surface area contributed by atoms with E-state index in [0.717, 1.165) is 41.5 Å². The van der Waals surface area contributed by atoms with E-state index in [1.807, 2.05) is 30.3 Å². The Morgan fingerprint density at radius 3 is 2.59 bits per heavy atom. The number of aromatic amines is 1. The quantitative estimate of drug-likeness (QED) is 0.290. The van der Waals surface area contributed by atoms with Crippen LogP contribution in [0.15, 0.2) is 81.9 Å². The predicted octanol–water partition coefficient (Wildman–Crippen LogP) is 5.64. The summed E-state index contributed by atoms with van der Waals surface area (Å²) in [5.41, 5.74) is 0.287. The first kappa shape index (κ1) is 33.2. The molecule has 1 atom stereocenters. The molecule has 0 radical (unpaired) electrons. The van der Waals surface area contributed by atoms with Crippen molar-refractivity contribution in [2.24, 2.45) is 0 Å². The summed E-state index contributed by atoms with van der Waals surface area (Å²) in [5.74, 6) is -0.413. The number of aliphatic hydroxyl groups excluding tert-OH is 1. The van der Waals surface area contributed by atoms with Gasteiger partial charge in [0.25, 0.3) is 11.5 Å². The summed E-state index contributed by atoms with van der Waals surface area (Å²) in [6.45, 7) is 6.56. The van der Waals surface area contributed by atoms with E-state index in [1.54, 1.807) is 24.3 Å². The number of halogens is 3. The molecule has 1 saturated carbocycles. The highest BCUT2D eigenvalue weighted by molar-refractivity contribution is 8.05. The van der Waals surface area contributed by atoms with Crippen LogP contribution in [0.1, 0.15) is 66.1 Å². The summed E-state index contributed by atoms with van der Waals surface area (Å²) in [6.07, 6.45) is -4.12. The highest BCUT2D eigenvalue weighted by Gasteiger charge is 2.50. The van der Waals surface area contributed by atoms with E-state index in [-0.39, 0.29) is 30.1 Å². The first-order valence-electron chi connectivity index (χ1n) is 14.9. The van der Waals surface area contributed by atoms with Crippen LogP contribution in [0.2, 0.25) is 0 Å². The number of thioether (sulfide) groups is 1. The number of hydrogen-bond acceptors (Lipinski definition) is 6. The number of benzene rings is 2. The number of nitrogens with zero attached hydrogens (tertiary/aromatic N) is 3. The third kappa shape index (κ3) is 7.13. The molecular formula is C34H35F3N4O4S. The van der Waals surface area contributed by atoms with Crippen molar-refractivity contribution in [2.75, 3.05) is 13.6 Å². The number of carbonyl (C=O) groups excluding carboxylic acids is 2. The standard InChI is InChI=1S/C34H35F3N4O4S/c1-21(30(44)40(3)18-23-9-5-4-6-10-23)20-46-22(2)33(14-15-33)32-38-27-13-8-16-41(19-26(27)29(43)39-32)31(45)28(42)24-11-7-12-25(17-24)34(35,36)37/h4-7,9-12,17,20,28,42H,2,8,13-16,18-19H2,1,3H3,(H,38,39,43)/b21-20+/t28-/m1/s1. The van der Waals surface area contributed by atoms with Crippen LogP contribution < -0.4 is 5.56 Å². The van der Waals surface area contributed by atoms with Crippen LogP contribution in [-0.2, 0) is 40.7 Å². The molecule has 2 aliphatic rings. The number of aryl methyl sites for hydroxylation is 1. The van der Waals surface area contributed by atoms with E-state index in [1.165, 1.54) is 22.7 Å². The molecule has 3 aromatic rings. The van der Waals surface area contributed by atoms with E-state index < -0.39 is 34.7 Å². The van der Waals surface area contributed by atoms with E-state index in [4.69, 9.17) is 4.98 Å². The average molecular weight is 653 g/mol. The van der Waals surface area contributed by atoms with Crippen molar-refractivity contribution in [1.82, 2.24) is 19.8 Å². The second-order valence-corrected chi connectivity index (χ2v) is 12.8. The second-order valence-electron chi connectivity index (χ2n) is 11.8. The Balaban J connectivity index is 1.28. The third-order valence-electron chi connectivity index (χ3n) is 8.43. The molecule has 0 saturated heterocycles. The molecule has 2 N–H and O–H groups in total. The summed E-state index contributed by atoms with van der Waals surface area (Å²) in [7, 11) is 1.75. The summed E-state index contributed by atoms with van der Waals surface area (Å²) in [4.78, 5) is 50.9. The minimum Gasteiger partial charge on any atom is -0.378 e. The molecule has 1 fully saturated rings. The van der Waals surface area contributed by atoms with Gasteiger partial charge in [0.1, 0.15) is 5.82 Å². The molecule has 1 aromatic heterocycles. The topological polar surface area (TPSA) is 107 Å². The van der Waals surface area contributed by atoms with Crippen molar-refractivity contribution < 1.29 is 27.9 Å². The van der Waals surface area contributed by atoms with Crippen LogP contribution in [0, 0.1) is 0 Å². The summed E-state index contributed by atoms with van der Waals surface area (Å²) >= 11 is 1.34. The van der Waals surface area contributed by atoms with Crippen LogP contribution in [0.25, 0.3) is 0 Å². The van der Waals surface area contributed by atoms with Gasteiger partial charge in [0.05, 0.1) is 28.8 Å². The van der Waals surface area contributed by atoms with Gasteiger partial charge in [0.2, 0.25) is 5.91 Å². The van der Waals surface area contributed by atoms with Gasteiger partial charge in [-0.1, -0.05) is 49.0 Å². The minimum absolute atomic E-state index is 0.108. The number of nitrogens with one attached hydrogen (secondary N) is 1. The zero-order valence-corrected chi connectivity index (χ0v) is 26.4. The Kier molecular flexibility index (Phi) is 9.59. The van der Waals surface area contributed by atoms with Gasteiger partial charge in [-0.05, 0) is 66.2 Å². The molecule has 2 heterocycles. The maximum atomic E-state index is 13.4. The number of likely N-dealkylation sites (N-methyl/N-ethyl adjacent to an activating group) is 1. The highest BCUT2D eigenvalue weighted by atomic mass is 32.2. The summed E-state index contributed by atoms with van der Waals surface area (Å²) in [6, 6.07) is 13.7. The van der Waals surface area contributed by atoms with Crippen LogP contribution >= 0.6 is 11.8 Å². The maximum absolute atomic E-state index is 13.4. The molecule has 0 unspecified atom stereocenters. The van der Waals surface area contributed by atoms with Crippen LogP contribution in [0.3, 0.4) is 0 Å². The van der Waals surface area contributed by atoms with Gasteiger partial charge in [-0.3, -0.25) is 14.4 Å². The number of allylic oxidation sites excluding steroid dienone is 1. The minimum atomic E-state index is -4.62. The Labute approximate surface area is 269 Å². The number of aromatic nitrogens is 2. The molecule has 0 spiro atoms. The van der Waals surface area contributed by atoms with Gasteiger partial charge < -0.3 is 19.9 Å². The fourth-order valence-electron chi connectivity index (χ4n) is 5.56. The molecule has 242 valence electrons. The van der Waals surface area contributed by atoms with Gasteiger partial charge in [-0.15, -0.1) is 11.8 Å². The molecule has 8 nitrogen and oxygen atoms in total. The van der Waals surface area contributed by atoms with Crippen molar-refractivity contribution in [1.29, 1.82) is 0 Å². The average Bonchev–Trinajstić information content (AvgIpc) is 3.87. The third-order valence-corrected chi connectivity index (χ3v) is 9.58. The molecule has 0 bridgehead atoms. The first-order chi connectivity index (χ1) is 21.8. The monoisotopic (exact) mass is 652 g/mol. The van der Waals surface area contributed by atoms with Gasteiger partial charge >= 0.3 is 6.18 Å². The smallest absolute Gasteiger partial charge is 0.378 e. The molecule has 5 rings (SSSR count). The van der Waals surface area contributed by atoms with Crippen molar-refractivity contribution in [3.8, 4) is 0 Å². The zero-order chi connectivity index (χ0) is 33.2. The number of aliphatic hydroxyl groups is 1. The van der Waals surface area contributed by atoms with E-state index in [9.17, 15) is 32.7 Å². The van der Waals surface area contributed by atoms with Gasteiger partial charge in [0, 0.05) is 25.7 Å². The van der Waals surface area contributed by atoms with Crippen molar-refractivity contribution in [3.63, 3.8) is 0 Å². The van der Waals surface area contributed by atoms with Crippen LogP contribution in [0.4, 0.5) is 13.2 Å². The Morgan fingerprint density at radius 1 is 1.20 bits per heavy atom. The lowest BCUT2D eigenvalue weighted by Gasteiger charge is -2.24. The van der Waals surface area contributed by atoms with Gasteiger partial charge in [-0.2, -0.15) is 13.2 Å². The van der Waals surface area contributed by atoms with Crippen LogP contribution in [-0.4, -0.2) is 50.3 Å². The number of alkyl halides is 3. The SMILES string of the molecule is C=C(S/C=C(\C)C(=O)N(C)Cc1ccccc1)C1(c2nc3c(c(=O)[nH]2)CN(C(=O)[C@H](O)c2cccc(C(F)(F)F)c2)CCC3)CC1.